The predicted molar refractivity (Wildman–Crippen MR) is 72.3 cm³/mol. The lowest BCUT2D eigenvalue weighted by Gasteiger charge is -2.07. The van der Waals surface area contributed by atoms with E-state index in [1.54, 1.807) is 17.5 Å². The highest BCUT2D eigenvalue weighted by atomic mass is 32.1. The van der Waals surface area contributed by atoms with Gasteiger partial charge in [-0.05, 0) is 12.1 Å². The van der Waals surface area contributed by atoms with Gasteiger partial charge in [-0.15, -0.1) is 11.3 Å². The third-order valence-electron chi connectivity index (χ3n) is 2.34. The van der Waals surface area contributed by atoms with Gasteiger partial charge >= 0.3 is 5.97 Å². The van der Waals surface area contributed by atoms with Crippen LogP contribution >= 0.6 is 11.3 Å². The molecule has 0 spiro atoms. The van der Waals surface area contributed by atoms with Crippen molar-refractivity contribution < 1.29 is 14.7 Å². The van der Waals surface area contributed by atoms with E-state index in [1.165, 1.54) is 23.5 Å². The molecule has 2 aromatic rings. The van der Waals surface area contributed by atoms with E-state index in [-0.39, 0.29) is 23.6 Å². The minimum absolute atomic E-state index is 0.0497. The minimum Gasteiger partial charge on any atom is -0.478 e. The number of carboxylic acid groups (broad SMARTS) is 1. The molecule has 0 aliphatic rings. The third-order valence-corrected chi connectivity index (χ3v) is 3.07. The van der Waals surface area contributed by atoms with Crippen LogP contribution in [0.5, 0.6) is 0 Å². The molecule has 0 bridgehead atoms. The van der Waals surface area contributed by atoms with Gasteiger partial charge < -0.3 is 16.2 Å². The van der Waals surface area contributed by atoms with E-state index in [0.717, 1.165) is 0 Å². The van der Waals surface area contributed by atoms with Gasteiger partial charge in [-0.2, -0.15) is 0 Å². The quantitative estimate of drug-likeness (QED) is 0.787. The standard InChI is InChI=1S/C12H11N3O3S/c13-12-14-7(6-19-12)5-10(16)15-9-4-2-1-3-8(9)11(17)18/h1-4,6H,5H2,(H2,13,14)(H,15,16)(H,17,18). The normalized spacial score (nSPS) is 10.1. The first kappa shape index (κ1) is 13.0. The Hall–Kier alpha value is -2.41. The van der Waals surface area contributed by atoms with Crippen LogP contribution in [-0.4, -0.2) is 22.0 Å². The second-order valence-electron chi connectivity index (χ2n) is 3.75. The number of nitrogens with one attached hydrogen (secondary N) is 1. The fraction of sp³-hybridized carbons (Fsp3) is 0.0833. The fourth-order valence-corrected chi connectivity index (χ4v) is 2.10. The number of rotatable bonds is 4. The van der Waals surface area contributed by atoms with E-state index >= 15 is 0 Å². The number of aromatic nitrogens is 1. The van der Waals surface area contributed by atoms with Crippen LogP contribution in [-0.2, 0) is 11.2 Å². The minimum atomic E-state index is -1.09. The van der Waals surface area contributed by atoms with Gasteiger partial charge in [0.15, 0.2) is 5.13 Å². The molecule has 1 aromatic heterocycles. The van der Waals surface area contributed by atoms with Crippen LogP contribution < -0.4 is 11.1 Å². The number of hydrogen-bond donors (Lipinski definition) is 3. The average molecular weight is 277 g/mol. The third kappa shape index (κ3) is 3.29. The molecule has 1 heterocycles. The van der Waals surface area contributed by atoms with E-state index in [0.29, 0.717) is 10.8 Å². The van der Waals surface area contributed by atoms with Crippen LogP contribution in [0.3, 0.4) is 0 Å². The molecule has 19 heavy (non-hydrogen) atoms. The molecule has 0 fully saturated rings. The number of benzene rings is 1. The maximum Gasteiger partial charge on any atom is 0.337 e. The molecule has 7 heteroatoms. The molecule has 4 N–H and O–H groups in total. The molecule has 0 atom stereocenters. The first-order valence-electron chi connectivity index (χ1n) is 5.38. The van der Waals surface area contributed by atoms with E-state index < -0.39 is 5.97 Å². The van der Waals surface area contributed by atoms with E-state index in [9.17, 15) is 9.59 Å². The fourth-order valence-electron chi connectivity index (χ4n) is 1.54. The van der Waals surface area contributed by atoms with Gasteiger partial charge in [0.25, 0.3) is 0 Å². The number of carbonyl (C=O) groups is 2. The summed E-state index contributed by atoms with van der Waals surface area (Å²) in [5.74, 6) is -1.42. The second-order valence-corrected chi connectivity index (χ2v) is 4.64. The van der Waals surface area contributed by atoms with Crippen molar-refractivity contribution in [1.29, 1.82) is 0 Å². The van der Waals surface area contributed by atoms with Crippen molar-refractivity contribution in [1.82, 2.24) is 4.98 Å². The van der Waals surface area contributed by atoms with Gasteiger partial charge in [0.05, 0.1) is 23.4 Å². The summed E-state index contributed by atoms with van der Waals surface area (Å²) in [5.41, 5.74) is 6.35. The Bertz CT molecular complexity index is 624. The average Bonchev–Trinajstić information content (AvgIpc) is 2.75. The van der Waals surface area contributed by atoms with Crippen LogP contribution in [0.2, 0.25) is 0 Å². The molecule has 98 valence electrons. The molecular formula is C12H11N3O3S. The summed E-state index contributed by atoms with van der Waals surface area (Å²) in [5, 5.41) is 13.6. The highest BCUT2D eigenvalue weighted by Crippen LogP contribution is 2.16. The molecular weight excluding hydrogens is 266 g/mol. The summed E-state index contributed by atoms with van der Waals surface area (Å²) >= 11 is 1.25. The molecule has 0 saturated carbocycles. The highest BCUT2D eigenvalue weighted by molar-refractivity contribution is 7.13. The molecule has 0 aliphatic heterocycles. The Balaban J connectivity index is 2.09. The van der Waals surface area contributed by atoms with Crippen LogP contribution in [0.25, 0.3) is 0 Å². The second kappa shape index (κ2) is 5.49. The number of nitrogens with zero attached hydrogens (tertiary/aromatic N) is 1. The number of thiazole rings is 1. The SMILES string of the molecule is Nc1nc(CC(=O)Nc2ccccc2C(=O)O)cs1. The monoisotopic (exact) mass is 277 g/mol. The molecule has 2 rings (SSSR count). The maximum absolute atomic E-state index is 11.8. The number of amides is 1. The number of carbonyl (C=O) groups excluding carboxylic acids is 1. The summed E-state index contributed by atoms with van der Waals surface area (Å²) in [6.07, 6.45) is 0.0572. The zero-order valence-electron chi connectivity index (χ0n) is 9.79. The number of hydrogen-bond acceptors (Lipinski definition) is 5. The molecule has 0 aliphatic carbocycles. The van der Waals surface area contributed by atoms with Crippen molar-refractivity contribution in [3.8, 4) is 0 Å². The smallest absolute Gasteiger partial charge is 0.337 e. The number of carboxylic acids is 1. The van der Waals surface area contributed by atoms with Gasteiger partial charge in [-0.1, -0.05) is 12.1 Å². The maximum atomic E-state index is 11.8. The van der Waals surface area contributed by atoms with Crippen molar-refractivity contribution >= 4 is 34.0 Å². The predicted octanol–water partition coefficient (Wildman–Crippen LogP) is 1.60. The van der Waals surface area contributed by atoms with Crippen molar-refractivity contribution in [3.63, 3.8) is 0 Å². The van der Waals surface area contributed by atoms with Crippen LogP contribution in [0.4, 0.5) is 10.8 Å². The Labute approximate surface area is 112 Å². The summed E-state index contributed by atoms with van der Waals surface area (Å²) in [7, 11) is 0. The molecule has 0 radical (unpaired) electrons. The van der Waals surface area contributed by atoms with Gasteiger partial charge in [0.1, 0.15) is 0 Å². The van der Waals surface area contributed by atoms with Crippen LogP contribution in [0, 0.1) is 0 Å². The first-order valence-corrected chi connectivity index (χ1v) is 6.26. The van der Waals surface area contributed by atoms with Gasteiger partial charge in [-0.3, -0.25) is 4.79 Å². The number of anilines is 2. The Morgan fingerprint density at radius 2 is 2.11 bits per heavy atom. The van der Waals surface area contributed by atoms with E-state index in [1.807, 2.05) is 0 Å². The Morgan fingerprint density at radius 3 is 2.74 bits per heavy atom. The lowest BCUT2D eigenvalue weighted by Crippen LogP contribution is -2.16. The lowest BCUT2D eigenvalue weighted by molar-refractivity contribution is -0.115. The largest absolute Gasteiger partial charge is 0.478 e. The highest BCUT2D eigenvalue weighted by Gasteiger charge is 2.12. The summed E-state index contributed by atoms with van der Waals surface area (Å²) in [4.78, 5) is 26.7. The van der Waals surface area contributed by atoms with Gasteiger partial charge in [0, 0.05) is 5.38 Å². The number of nitrogen functional groups attached to an aromatic ring is 1. The van der Waals surface area contributed by atoms with Gasteiger partial charge in [0.2, 0.25) is 5.91 Å². The molecule has 1 aromatic carbocycles. The lowest BCUT2D eigenvalue weighted by atomic mass is 10.1. The molecule has 6 nitrogen and oxygen atoms in total. The Kier molecular flexibility index (Phi) is 3.76. The Morgan fingerprint density at radius 1 is 1.37 bits per heavy atom. The van der Waals surface area contributed by atoms with Crippen molar-refractivity contribution in [2.45, 2.75) is 6.42 Å². The van der Waals surface area contributed by atoms with Crippen molar-refractivity contribution in [2.24, 2.45) is 0 Å². The van der Waals surface area contributed by atoms with Gasteiger partial charge in [-0.25, -0.2) is 9.78 Å². The molecule has 0 unspecified atom stereocenters. The van der Waals surface area contributed by atoms with E-state index in [4.69, 9.17) is 10.8 Å². The topological polar surface area (TPSA) is 105 Å². The zero-order valence-corrected chi connectivity index (χ0v) is 10.6. The molecule has 1 amide bonds. The van der Waals surface area contributed by atoms with Crippen LogP contribution in [0.1, 0.15) is 16.1 Å². The number of nitrogens with two attached hydrogens (primary N) is 1. The first-order chi connectivity index (χ1) is 9.06. The summed E-state index contributed by atoms with van der Waals surface area (Å²) < 4.78 is 0. The number of para-hydroxylation sites is 1. The molecule has 0 saturated heterocycles. The number of aromatic carboxylic acids is 1. The van der Waals surface area contributed by atoms with Crippen molar-refractivity contribution in [2.75, 3.05) is 11.1 Å². The summed E-state index contributed by atoms with van der Waals surface area (Å²) in [6.45, 7) is 0. The zero-order chi connectivity index (χ0) is 13.8. The van der Waals surface area contributed by atoms with Crippen molar-refractivity contribution in [3.05, 3.63) is 40.9 Å². The van der Waals surface area contributed by atoms with E-state index in [2.05, 4.69) is 10.3 Å². The van der Waals surface area contributed by atoms with Crippen LogP contribution in [0.15, 0.2) is 29.6 Å². The summed E-state index contributed by atoms with van der Waals surface area (Å²) in [6, 6.07) is 6.22.